The number of non-ortho nitro benzene ring substituents is 1. The van der Waals surface area contributed by atoms with Crippen LogP contribution in [0.3, 0.4) is 0 Å². The molecular formula is C27H29N5O5. The highest BCUT2D eigenvalue weighted by molar-refractivity contribution is 6.11. The van der Waals surface area contributed by atoms with Gasteiger partial charge in [0.05, 0.1) is 33.9 Å². The molecular weight excluding hydrogens is 474 g/mol. The van der Waals surface area contributed by atoms with Crippen molar-refractivity contribution in [2.75, 3.05) is 39.6 Å². The van der Waals surface area contributed by atoms with E-state index in [0.29, 0.717) is 18.8 Å². The predicted octanol–water partition coefficient (Wildman–Crippen LogP) is 3.89. The Morgan fingerprint density at radius 2 is 1.84 bits per heavy atom. The summed E-state index contributed by atoms with van der Waals surface area (Å²) in [6.07, 6.45) is 0.753. The molecule has 192 valence electrons. The van der Waals surface area contributed by atoms with Crippen LogP contribution in [0.2, 0.25) is 0 Å². The lowest BCUT2D eigenvalue weighted by Gasteiger charge is -2.15. The maximum absolute atomic E-state index is 13.7. The summed E-state index contributed by atoms with van der Waals surface area (Å²) in [5.41, 5.74) is 1.43. The fourth-order valence-corrected chi connectivity index (χ4v) is 4.21. The number of fused-ring (bicyclic) bond motifs is 2. The average Bonchev–Trinajstić information content (AvgIpc) is 2.89. The van der Waals surface area contributed by atoms with Gasteiger partial charge in [0.2, 0.25) is 0 Å². The maximum Gasteiger partial charge on any atom is 0.293 e. The van der Waals surface area contributed by atoms with Crippen molar-refractivity contribution in [2.24, 2.45) is 0 Å². The van der Waals surface area contributed by atoms with E-state index in [0.717, 1.165) is 24.3 Å². The number of ether oxygens (including phenoxy) is 1. The summed E-state index contributed by atoms with van der Waals surface area (Å²) in [5, 5.41) is 18.3. The average molecular weight is 504 g/mol. The van der Waals surface area contributed by atoms with Crippen LogP contribution in [0, 0.1) is 10.1 Å². The number of aromatic amines is 1. The molecule has 37 heavy (non-hydrogen) atoms. The van der Waals surface area contributed by atoms with Crippen LogP contribution < -0.4 is 20.8 Å². The Bertz CT molecular complexity index is 1510. The second-order valence-corrected chi connectivity index (χ2v) is 8.94. The lowest BCUT2D eigenvalue weighted by molar-refractivity contribution is -0.383. The Kier molecular flexibility index (Phi) is 7.69. The number of para-hydroxylation sites is 1. The van der Waals surface area contributed by atoms with Crippen LogP contribution in [0.1, 0.15) is 22.3 Å². The van der Waals surface area contributed by atoms with Crippen LogP contribution in [-0.2, 0) is 6.54 Å². The van der Waals surface area contributed by atoms with Gasteiger partial charge in [-0.2, -0.15) is 0 Å². The molecule has 0 aliphatic carbocycles. The quantitative estimate of drug-likeness (QED) is 0.130. The van der Waals surface area contributed by atoms with Crippen molar-refractivity contribution in [1.82, 2.24) is 15.2 Å². The Morgan fingerprint density at radius 3 is 2.51 bits per heavy atom. The number of nitro benzene ring substituents is 1. The molecule has 3 aromatic carbocycles. The van der Waals surface area contributed by atoms with Gasteiger partial charge in [-0.05, 0) is 63.0 Å². The number of anilines is 1. The number of hydrogen-bond acceptors (Lipinski definition) is 7. The molecule has 0 bridgehead atoms. The Hall–Kier alpha value is -4.44. The molecule has 10 heteroatoms. The van der Waals surface area contributed by atoms with Crippen molar-refractivity contribution in [1.29, 1.82) is 0 Å². The third kappa shape index (κ3) is 5.54. The van der Waals surface area contributed by atoms with Crippen LogP contribution in [-0.4, -0.2) is 55.0 Å². The minimum absolute atomic E-state index is 0.0824. The number of nitrogens with one attached hydrogen (secondary N) is 3. The molecule has 0 atom stereocenters. The number of aromatic nitrogens is 1. The highest BCUT2D eigenvalue weighted by Crippen LogP contribution is 2.29. The van der Waals surface area contributed by atoms with E-state index in [2.05, 4.69) is 15.6 Å². The topological polar surface area (TPSA) is 130 Å². The number of nitro groups is 1. The smallest absolute Gasteiger partial charge is 0.293 e. The highest BCUT2D eigenvalue weighted by atomic mass is 16.6. The molecule has 0 unspecified atom stereocenters. The molecule has 4 rings (SSSR count). The van der Waals surface area contributed by atoms with Crippen molar-refractivity contribution in [3.8, 4) is 5.75 Å². The molecule has 10 nitrogen and oxygen atoms in total. The number of carbonyl (C=O) groups excluding carboxylic acids is 1. The first-order valence-electron chi connectivity index (χ1n) is 11.9. The van der Waals surface area contributed by atoms with Gasteiger partial charge in [-0.15, -0.1) is 0 Å². The van der Waals surface area contributed by atoms with Crippen LogP contribution in [0.4, 0.5) is 11.4 Å². The van der Waals surface area contributed by atoms with E-state index in [1.165, 1.54) is 12.1 Å². The summed E-state index contributed by atoms with van der Waals surface area (Å²) < 4.78 is 5.20. The summed E-state index contributed by atoms with van der Waals surface area (Å²) in [4.78, 5) is 42.9. The number of H-pyrrole nitrogens is 1. The molecule has 3 N–H and O–H groups in total. The molecule has 4 aromatic rings. The van der Waals surface area contributed by atoms with E-state index >= 15 is 0 Å². The van der Waals surface area contributed by atoms with Gasteiger partial charge in [0, 0.05) is 24.8 Å². The number of benzene rings is 3. The van der Waals surface area contributed by atoms with Gasteiger partial charge < -0.3 is 25.3 Å². The van der Waals surface area contributed by atoms with Gasteiger partial charge in [0.25, 0.3) is 11.6 Å². The minimum Gasteiger partial charge on any atom is -0.497 e. The van der Waals surface area contributed by atoms with Crippen LogP contribution in [0.25, 0.3) is 21.8 Å². The van der Waals surface area contributed by atoms with Crippen molar-refractivity contribution in [2.45, 2.75) is 13.0 Å². The van der Waals surface area contributed by atoms with Gasteiger partial charge in [0.15, 0.2) is 5.43 Å². The van der Waals surface area contributed by atoms with E-state index in [-0.39, 0.29) is 39.0 Å². The first kappa shape index (κ1) is 25.6. The van der Waals surface area contributed by atoms with Gasteiger partial charge >= 0.3 is 0 Å². The second kappa shape index (κ2) is 11.1. The molecule has 0 spiro atoms. The van der Waals surface area contributed by atoms with E-state index in [1.807, 2.05) is 43.3 Å². The fourth-order valence-electron chi connectivity index (χ4n) is 4.21. The molecule has 0 aliphatic heterocycles. The third-order valence-electron chi connectivity index (χ3n) is 6.12. The molecule has 0 fully saturated rings. The van der Waals surface area contributed by atoms with Crippen molar-refractivity contribution < 1.29 is 14.5 Å². The first-order chi connectivity index (χ1) is 17.8. The van der Waals surface area contributed by atoms with Crippen molar-refractivity contribution >= 4 is 39.1 Å². The summed E-state index contributed by atoms with van der Waals surface area (Å²) in [6, 6.07) is 15.2. The molecule has 0 saturated heterocycles. The number of hydrogen-bond donors (Lipinski definition) is 3. The number of carbonyl (C=O) groups is 1. The highest BCUT2D eigenvalue weighted by Gasteiger charge is 2.21. The number of amides is 1. The standard InChI is InChI=1S/C27H29N5O5/c1-31(2)15-5-14-28-27(34)20-12-13-21(29-16-17-8-10-18(37-3)11-9-17)23-25(20)30-24-19(26(23)33)6-4-7-22(24)32(35)36/h4,6-13,29H,5,14-16H2,1-3H3,(H,28,34)(H,30,33). The van der Waals surface area contributed by atoms with E-state index < -0.39 is 10.4 Å². The molecule has 0 radical (unpaired) electrons. The van der Waals surface area contributed by atoms with Crippen LogP contribution in [0.5, 0.6) is 5.75 Å². The van der Waals surface area contributed by atoms with E-state index in [4.69, 9.17) is 4.74 Å². The van der Waals surface area contributed by atoms with Crippen LogP contribution >= 0.6 is 0 Å². The lowest BCUT2D eigenvalue weighted by Crippen LogP contribution is -2.27. The summed E-state index contributed by atoms with van der Waals surface area (Å²) >= 11 is 0. The summed E-state index contributed by atoms with van der Waals surface area (Å²) in [7, 11) is 5.51. The Morgan fingerprint density at radius 1 is 1.08 bits per heavy atom. The fraction of sp³-hybridized carbons (Fsp3) is 0.259. The first-order valence-corrected chi connectivity index (χ1v) is 11.9. The molecule has 0 saturated carbocycles. The Labute approximate surface area is 213 Å². The zero-order valence-corrected chi connectivity index (χ0v) is 21.0. The number of methoxy groups -OCH3 is 1. The summed E-state index contributed by atoms with van der Waals surface area (Å²) in [5.74, 6) is 0.374. The zero-order valence-electron chi connectivity index (χ0n) is 21.0. The molecule has 1 amide bonds. The van der Waals surface area contributed by atoms with Crippen molar-refractivity contribution in [3.63, 3.8) is 0 Å². The van der Waals surface area contributed by atoms with Gasteiger partial charge in [-0.1, -0.05) is 18.2 Å². The molecule has 0 aliphatic rings. The molecule has 1 aromatic heterocycles. The van der Waals surface area contributed by atoms with Crippen LogP contribution in [0.15, 0.2) is 59.4 Å². The van der Waals surface area contributed by atoms with E-state index in [9.17, 15) is 19.7 Å². The molecule has 1 heterocycles. The second-order valence-electron chi connectivity index (χ2n) is 8.94. The number of rotatable bonds is 10. The summed E-state index contributed by atoms with van der Waals surface area (Å²) in [6.45, 7) is 1.68. The SMILES string of the molecule is COc1ccc(CNc2ccc(C(=O)NCCCN(C)C)c3[nH]c4c([N+](=O)[O-])cccc4c(=O)c23)cc1. The maximum atomic E-state index is 13.7. The minimum atomic E-state index is -0.545. The Balaban J connectivity index is 1.79. The monoisotopic (exact) mass is 503 g/mol. The van der Waals surface area contributed by atoms with E-state index in [1.54, 1.807) is 25.3 Å². The number of nitrogens with zero attached hydrogens (tertiary/aromatic N) is 2. The van der Waals surface area contributed by atoms with Gasteiger partial charge in [-0.25, -0.2) is 0 Å². The number of pyridine rings is 1. The third-order valence-corrected chi connectivity index (χ3v) is 6.12. The predicted molar refractivity (Wildman–Crippen MR) is 145 cm³/mol. The largest absolute Gasteiger partial charge is 0.497 e. The zero-order chi connectivity index (χ0) is 26.5. The normalized spacial score (nSPS) is 11.1. The van der Waals surface area contributed by atoms with Crippen molar-refractivity contribution in [3.05, 3.63) is 86.1 Å². The van der Waals surface area contributed by atoms with Gasteiger partial charge in [0.1, 0.15) is 11.3 Å². The van der Waals surface area contributed by atoms with Gasteiger partial charge in [-0.3, -0.25) is 19.7 Å². The lowest BCUT2D eigenvalue weighted by atomic mass is 10.0.